The van der Waals surface area contributed by atoms with Crippen LogP contribution in [0.1, 0.15) is 12.8 Å². The number of primary amides is 1. The van der Waals surface area contributed by atoms with Crippen LogP contribution in [0.3, 0.4) is 0 Å². The summed E-state index contributed by atoms with van der Waals surface area (Å²) in [6.07, 6.45) is -0.0488. The highest BCUT2D eigenvalue weighted by molar-refractivity contribution is 7.91. The lowest BCUT2D eigenvalue weighted by molar-refractivity contribution is -0.140. The van der Waals surface area contributed by atoms with E-state index in [1.165, 1.54) is 0 Å². The van der Waals surface area contributed by atoms with E-state index >= 15 is 0 Å². The Kier molecular flexibility index (Phi) is 5.31. The van der Waals surface area contributed by atoms with E-state index in [0.29, 0.717) is 6.42 Å². The van der Waals surface area contributed by atoms with E-state index in [0.717, 1.165) is 0 Å². The van der Waals surface area contributed by atoms with Crippen LogP contribution >= 0.6 is 0 Å². The number of hydrogen-bond acceptors (Lipinski definition) is 5. The first-order valence-corrected chi connectivity index (χ1v) is 7.77. The van der Waals surface area contributed by atoms with Crippen LogP contribution in [0.25, 0.3) is 0 Å². The molecule has 1 saturated heterocycles. The van der Waals surface area contributed by atoms with E-state index in [-0.39, 0.29) is 24.0 Å². The molecule has 2 atom stereocenters. The van der Waals surface area contributed by atoms with Gasteiger partial charge in [-0.1, -0.05) is 0 Å². The molecule has 0 aromatic heterocycles. The largest absolute Gasteiger partial charge is 0.480 e. The summed E-state index contributed by atoms with van der Waals surface area (Å²) in [4.78, 5) is 32.9. The molecule has 1 aliphatic heterocycles. The maximum Gasteiger partial charge on any atom is 0.326 e. The van der Waals surface area contributed by atoms with Gasteiger partial charge in [-0.15, -0.1) is 0 Å². The lowest BCUT2D eigenvalue weighted by atomic mass is 10.1. The standard InChI is InChI=1S/C10H17N3O6S/c11-8(14)3-7(9(15)16)13-10(17)12-4-6-1-2-20(18,19)5-6/h6-7H,1-5H2,(H2,11,14)(H,15,16)(H2,12,13,17). The zero-order valence-corrected chi connectivity index (χ0v) is 11.5. The third kappa shape index (κ3) is 5.43. The molecule has 5 N–H and O–H groups in total. The van der Waals surface area contributed by atoms with Gasteiger partial charge in [0.05, 0.1) is 17.9 Å². The van der Waals surface area contributed by atoms with Gasteiger partial charge in [0.15, 0.2) is 9.84 Å². The number of carbonyl (C=O) groups is 3. The molecule has 2 unspecified atom stereocenters. The van der Waals surface area contributed by atoms with E-state index in [4.69, 9.17) is 10.8 Å². The van der Waals surface area contributed by atoms with Gasteiger partial charge in [0, 0.05) is 6.54 Å². The SMILES string of the molecule is NC(=O)CC(NC(=O)NCC1CCS(=O)(=O)C1)C(=O)O. The van der Waals surface area contributed by atoms with E-state index < -0.39 is 40.2 Å². The molecule has 0 radical (unpaired) electrons. The van der Waals surface area contributed by atoms with Crippen LogP contribution in [0.4, 0.5) is 4.79 Å². The fraction of sp³-hybridized carbons (Fsp3) is 0.700. The topological polar surface area (TPSA) is 156 Å². The number of carboxylic acids is 1. The smallest absolute Gasteiger partial charge is 0.326 e. The van der Waals surface area contributed by atoms with Crippen LogP contribution in [-0.4, -0.2) is 55.5 Å². The molecule has 0 aromatic rings. The molecule has 0 aromatic carbocycles. The Balaban J connectivity index is 2.39. The monoisotopic (exact) mass is 307 g/mol. The van der Waals surface area contributed by atoms with Crippen LogP contribution in [0.15, 0.2) is 0 Å². The molecule has 0 aliphatic carbocycles. The predicted octanol–water partition coefficient (Wildman–Crippen LogP) is -1.95. The number of rotatable bonds is 6. The molecule has 0 bridgehead atoms. The summed E-state index contributed by atoms with van der Waals surface area (Å²) < 4.78 is 22.4. The molecular weight excluding hydrogens is 290 g/mol. The second-order valence-corrected chi connectivity index (χ2v) is 6.91. The molecule has 114 valence electrons. The molecule has 20 heavy (non-hydrogen) atoms. The van der Waals surface area contributed by atoms with Crippen LogP contribution in [0.5, 0.6) is 0 Å². The van der Waals surface area contributed by atoms with Gasteiger partial charge in [-0.2, -0.15) is 0 Å². The van der Waals surface area contributed by atoms with Crippen LogP contribution in [0.2, 0.25) is 0 Å². The number of nitrogens with two attached hydrogens (primary N) is 1. The highest BCUT2D eigenvalue weighted by atomic mass is 32.2. The van der Waals surface area contributed by atoms with Crippen molar-refractivity contribution in [2.24, 2.45) is 11.7 Å². The van der Waals surface area contributed by atoms with Crippen molar-refractivity contribution >= 4 is 27.7 Å². The molecule has 0 saturated carbocycles. The fourth-order valence-corrected chi connectivity index (χ4v) is 3.74. The first-order valence-electron chi connectivity index (χ1n) is 5.95. The quantitative estimate of drug-likeness (QED) is 0.447. The fourth-order valence-electron chi connectivity index (χ4n) is 1.88. The Bertz CT molecular complexity index is 503. The zero-order chi connectivity index (χ0) is 15.3. The van der Waals surface area contributed by atoms with Crippen molar-refractivity contribution in [1.29, 1.82) is 0 Å². The van der Waals surface area contributed by atoms with Gasteiger partial charge in [-0.3, -0.25) is 4.79 Å². The van der Waals surface area contributed by atoms with Crippen LogP contribution < -0.4 is 16.4 Å². The third-order valence-corrected chi connectivity index (χ3v) is 4.72. The van der Waals surface area contributed by atoms with Crippen molar-refractivity contribution < 1.29 is 27.9 Å². The number of nitrogens with one attached hydrogen (secondary N) is 2. The maximum absolute atomic E-state index is 11.5. The molecule has 9 nitrogen and oxygen atoms in total. The molecule has 0 spiro atoms. The lowest BCUT2D eigenvalue weighted by Gasteiger charge is -2.15. The number of hydrogen-bond donors (Lipinski definition) is 4. The van der Waals surface area contributed by atoms with E-state index in [1.807, 2.05) is 0 Å². The molecule has 1 fully saturated rings. The molecular formula is C10H17N3O6S. The van der Waals surface area contributed by atoms with E-state index in [2.05, 4.69) is 10.6 Å². The summed E-state index contributed by atoms with van der Waals surface area (Å²) in [7, 11) is -3.02. The second kappa shape index (κ2) is 6.55. The number of amides is 3. The van der Waals surface area contributed by atoms with Crippen molar-refractivity contribution in [3.8, 4) is 0 Å². The number of carbonyl (C=O) groups excluding carboxylic acids is 2. The van der Waals surface area contributed by atoms with Crippen molar-refractivity contribution in [3.63, 3.8) is 0 Å². The summed E-state index contributed by atoms with van der Waals surface area (Å²) in [6, 6.07) is -2.18. The lowest BCUT2D eigenvalue weighted by Crippen LogP contribution is -2.48. The maximum atomic E-state index is 11.5. The number of urea groups is 1. The normalized spacial score (nSPS) is 21.9. The second-order valence-electron chi connectivity index (χ2n) is 4.68. The number of aliphatic carboxylic acids is 1. The summed E-state index contributed by atoms with van der Waals surface area (Å²) in [5.41, 5.74) is 4.87. The van der Waals surface area contributed by atoms with Gasteiger partial charge >= 0.3 is 12.0 Å². The molecule has 3 amide bonds. The first kappa shape index (κ1) is 16.2. The van der Waals surface area contributed by atoms with Crippen LogP contribution in [0, 0.1) is 5.92 Å². The zero-order valence-electron chi connectivity index (χ0n) is 10.7. The minimum absolute atomic E-state index is 0.0108. The average molecular weight is 307 g/mol. The highest BCUT2D eigenvalue weighted by Gasteiger charge is 2.28. The van der Waals surface area contributed by atoms with Gasteiger partial charge in [0.2, 0.25) is 5.91 Å². The van der Waals surface area contributed by atoms with Gasteiger partial charge in [0.25, 0.3) is 0 Å². The van der Waals surface area contributed by atoms with Crippen LogP contribution in [-0.2, 0) is 19.4 Å². The molecule has 10 heteroatoms. The summed E-state index contributed by atoms with van der Waals surface area (Å²) >= 11 is 0. The Morgan fingerprint density at radius 2 is 2.00 bits per heavy atom. The third-order valence-electron chi connectivity index (χ3n) is 2.89. The van der Waals surface area contributed by atoms with Crippen molar-refractivity contribution in [1.82, 2.24) is 10.6 Å². The van der Waals surface area contributed by atoms with Crippen molar-refractivity contribution in [2.75, 3.05) is 18.1 Å². The minimum Gasteiger partial charge on any atom is -0.480 e. The van der Waals surface area contributed by atoms with Gasteiger partial charge in [-0.25, -0.2) is 18.0 Å². The Morgan fingerprint density at radius 1 is 1.35 bits per heavy atom. The van der Waals surface area contributed by atoms with Crippen molar-refractivity contribution in [3.05, 3.63) is 0 Å². The minimum atomic E-state index is -3.02. The number of sulfone groups is 1. The Morgan fingerprint density at radius 3 is 2.45 bits per heavy atom. The summed E-state index contributed by atoms with van der Waals surface area (Å²) in [6.45, 7) is 0.133. The predicted molar refractivity (Wildman–Crippen MR) is 68.5 cm³/mol. The Labute approximate surface area is 115 Å². The molecule has 1 rings (SSSR count). The Hall–Kier alpha value is -1.84. The van der Waals surface area contributed by atoms with Crippen molar-refractivity contribution in [2.45, 2.75) is 18.9 Å². The first-order chi connectivity index (χ1) is 9.19. The van der Waals surface area contributed by atoms with Gasteiger partial charge in [-0.05, 0) is 12.3 Å². The summed E-state index contributed by atoms with van der Waals surface area (Å²) in [5, 5.41) is 13.3. The molecule has 1 aliphatic rings. The van der Waals surface area contributed by atoms with E-state index in [9.17, 15) is 22.8 Å². The summed E-state index contributed by atoms with van der Waals surface area (Å²) in [5.74, 6) is -2.29. The highest BCUT2D eigenvalue weighted by Crippen LogP contribution is 2.17. The molecule has 1 heterocycles. The van der Waals surface area contributed by atoms with Gasteiger partial charge in [0.1, 0.15) is 6.04 Å². The van der Waals surface area contributed by atoms with Gasteiger partial charge < -0.3 is 21.5 Å². The van der Waals surface area contributed by atoms with E-state index in [1.54, 1.807) is 0 Å². The number of carboxylic acid groups (broad SMARTS) is 1. The average Bonchev–Trinajstić information content (AvgIpc) is 2.65.